The number of hydrogen-bond acceptors (Lipinski definition) is 2. The molecule has 3 rings (SSSR count). The van der Waals surface area contributed by atoms with Gasteiger partial charge < -0.3 is 10.2 Å². The molecule has 0 spiro atoms. The lowest BCUT2D eigenvalue weighted by Crippen LogP contribution is -2.32. The van der Waals surface area contributed by atoms with Gasteiger partial charge in [0, 0.05) is 0 Å². The van der Waals surface area contributed by atoms with Gasteiger partial charge in [0.25, 0.3) is 0 Å². The van der Waals surface area contributed by atoms with E-state index in [-0.39, 0.29) is 30.8 Å². The number of carbonyl (C=O) groups is 1. The van der Waals surface area contributed by atoms with Crippen LogP contribution >= 0.6 is 12.4 Å². The van der Waals surface area contributed by atoms with Crippen molar-refractivity contribution in [1.82, 2.24) is 10.2 Å². The molecular weight excluding hydrogens is 425 g/mol. The minimum atomic E-state index is -4.38. The average Bonchev–Trinajstić information content (AvgIpc) is 2.70. The number of alkyl halides is 3. The summed E-state index contributed by atoms with van der Waals surface area (Å²) < 4.78 is 38.2. The molecule has 3 nitrogen and oxygen atoms in total. The van der Waals surface area contributed by atoms with E-state index in [0.29, 0.717) is 5.56 Å². The molecule has 0 fully saturated rings. The fourth-order valence-corrected chi connectivity index (χ4v) is 3.38. The van der Waals surface area contributed by atoms with Crippen LogP contribution < -0.4 is 5.32 Å². The molecule has 0 bridgehead atoms. The Labute approximate surface area is 186 Å². The topological polar surface area (TPSA) is 32.3 Å². The molecular formula is C24H26ClF3N2O. The number of rotatable bonds is 7. The van der Waals surface area contributed by atoms with Crippen LogP contribution in [-0.2, 0) is 17.4 Å². The molecule has 7 heteroatoms. The highest BCUT2D eigenvalue weighted by Gasteiger charge is 2.30. The predicted octanol–water partition coefficient (Wildman–Crippen LogP) is 5.63. The molecule has 3 aromatic carbocycles. The summed E-state index contributed by atoms with van der Waals surface area (Å²) in [5, 5.41) is 5.29. The highest BCUT2D eigenvalue weighted by molar-refractivity contribution is 5.85. The molecule has 0 aliphatic carbocycles. The van der Waals surface area contributed by atoms with E-state index in [1.54, 1.807) is 0 Å². The van der Waals surface area contributed by atoms with E-state index in [1.165, 1.54) is 12.1 Å². The number of benzene rings is 3. The molecule has 3 aromatic rings. The molecule has 1 amide bonds. The summed E-state index contributed by atoms with van der Waals surface area (Å²) in [6.07, 6.45) is -3.62. The normalized spacial score (nSPS) is 12.5. The van der Waals surface area contributed by atoms with Gasteiger partial charge >= 0.3 is 6.18 Å². The Morgan fingerprint density at radius 2 is 1.61 bits per heavy atom. The predicted molar refractivity (Wildman–Crippen MR) is 120 cm³/mol. The molecule has 0 aliphatic heterocycles. The van der Waals surface area contributed by atoms with Crippen molar-refractivity contribution in [2.24, 2.45) is 0 Å². The van der Waals surface area contributed by atoms with E-state index in [9.17, 15) is 18.0 Å². The van der Waals surface area contributed by atoms with Gasteiger partial charge in [-0.1, -0.05) is 48.5 Å². The quantitative estimate of drug-likeness (QED) is 0.505. The van der Waals surface area contributed by atoms with E-state index in [0.717, 1.165) is 41.4 Å². The van der Waals surface area contributed by atoms with Crippen LogP contribution in [-0.4, -0.2) is 31.4 Å². The van der Waals surface area contributed by atoms with Gasteiger partial charge in [-0.05, 0) is 67.2 Å². The smallest absolute Gasteiger partial charge is 0.349 e. The number of nitrogens with one attached hydrogen (secondary N) is 1. The van der Waals surface area contributed by atoms with Crippen LogP contribution in [0.3, 0.4) is 0 Å². The molecule has 0 aromatic heterocycles. The lowest BCUT2D eigenvalue weighted by molar-refractivity contribution is -0.137. The zero-order valence-electron chi connectivity index (χ0n) is 17.4. The third-order valence-corrected chi connectivity index (χ3v) is 5.02. The first-order valence-corrected chi connectivity index (χ1v) is 9.81. The average molecular weight is 451 g/mol. The Morgan fingerprint density at radius 1 is 0.968 bits per heavy atom. The third-order valence-electron chi connectivity index (χ3n) is 5.02. The van der Waals surface area contributed by atoms with Crippen LogP contribution in [0.15, 0.2) is 66.7 Å². The van der Waals surface area contributed by atoms with Crippen molar-refractivity contribution in [3.8, 4) is 0 Å². The largest absolute Gasteiger partial charge is 0.416 e. The summed E-state index contributed by atoms with van der Waals surface area (Å²) in [6.45, 7) is 0.790. The second-order valence-electron chi connectivity index (χ2n) is 7.69. The van der Waals surface area contributed by atoms with Crippen LogP contribution in [0.4, 0.5) is 13.2 Å². The van der Waals surface area contributed by atoms with Gasteiger partial charge in [0.2, 0.25) is 5.91 Å². The van der Waals surface area contributed by atoms with Crippen molar-refractivity contribution in [2.75, 3.05) is 20.6 Å². The van der Waals surface area contributed by atoms with Gasteiger partial charge in [-0.15, -0.1) is 12.4 Å². The molecule has 0 saturated heterocycles. The van der Waals surface area contributed by atoms with Crippen LogP contribution in [0, 0.1) is 0 Å². The zero-order valence-corrected chi connectivity index (χ0v) is 18.3. The van der Waals surface area contributed by atoms with Crippen molar-refractivity contribution in [2.45, 2.75) is 25.1 Å². The van der Waals surface area contributed by atoms with E-state index in [4.69, 9.17) is 0 Å². The van der Waals surface area contributed by atoms with E-state index >= 15 is 0 Å². The number of amides is 1. The summed E-state index contributed by atoms with van der Waals surface area (Å²) >= 11 is 0. The van der Waals surface area contributed by atoms with Crippen LogP contribution in [0.5, 0.6) is 0 Å². The number of nitrogens with zero attached hydrogens (tertiary/aromatic N) is 1. The highest BCUT2D eigenvalue weighted by atomic mass is 35.5. The Bertz CT molecular complexity index is 1000. The standard InChI is InChI=1S/C24H25F3N2O.ClH/c1-29(2)14-13-22(20-10-9-18-5-3-4-6-19(18)16-20)28-23(30)15-17-7-11-21(12-8-17)24(25,26)27;/h3-12,16,22H,13-15H2,1-2H3,(H,28,30);1H. The lowest BCUT2D eigenvalue weighted by Gasteiger charge is -2.22. The van der Waals surface area contributed by atoms with Crippen molar-refractivity contribution >= 4 is 29.1 Å². The molecule has 0 heterocycles. The van der Waals surface area contributed by atoms with Gasteiger partial charge in [0.15, 0.2) is 0 Å². The number of carbonyl (C=O) groups excluding carboxylic acids is 1. The number of fused-ring (bicyclic) bond motifs is 1. The fourth-order valence-electron chi connectivity index (χ4n) is 3.38. The highest BCUT2D eigenvalue weighted by Crippen LogP contribution is 2.29. The van der Waals surface area contributed by atoms with E-state index < -0.39 is 11.7 Å². The van der Waals surface area contributed by atoms with Crippen LogP contribution in [0.1, 0.15) is 29.2 Å². The fraction of sp³-hybridized carbons (Fsp3) is 0.292. The molecule has 166 valence electrons. The first kappa shape index (κ1) is 24.7. The van der Waals surface area contributed by atoms with Gasteiger partial charge in [0.1, 0.15) is 0 Å². The maximum Gasteiger partial charge on any atom is 0.416 e. The molecule has 1 N–H and O–H groups in total. The van der Waals surface area contributed by atoms with Crippen molar-refractivity contribution in [1.29, 1.82) is 0 Å². The monoisotopic (exact) mass is 450 g/mol. The first-order valence-electron chi connectivity index (χ1n) is 9.81. The third kappa shape index (κ3) is 6.97. The summed E-state index contributed by atoms with van der Waals surface area (Å²) in [6, 6.07) is 18.7. The summed E-state index contributed by atoms with van der Waals surface area (Å²) in [5.41, 5.74) is 0.841. The van der Waals surface area contributed by atoms with Gasteiger partial charge in [-0.2, -0.15) is 13.2 Å². The maximum absolute atomic E-state index is 12.7. The summed E-state index contributed by atoms with van der Waals surface area (Å²) in [5.74, 6) is -0.216. The molecule has 0 saturated carbocycles. The maximum atomic E-state index is 12.7. The van der Waals surface area contributed by atoms with E-state index in [2.05, 4.69) is 16.3 Å². The van der Waals surface area contributed by atoms with E-state index in [1.807, 2.05) is 50.5 Å². The van der Waals surface area contributed by atoms with Gasteiger partial charge in [-0.3, -0.25) is 4.79 Å². The summed E-state index contributed by atoms with van der Waals surface area (Å²) in [4.78, 5) is 14.7. The minimum absolute atomic E-state index is 0. The van der Waals surface area contributed by atoms with Crippen molar-refractivity contribution in [3.63, 3.8) is 0 Å². The van der Waals surface area contributed by atoms with Crippen molar-refractivity contribution in [3.05, 3.63) is 83.4 Å². The molecule has 1 atom stereocenters. The summed E-state index contributed by atoms with van der Waals surface area (Å²) in [7, 11) is 3.95. The van der Waals surface area contributed by atoms with Gasteiger partial charge in [0.05, 0.1) is 18.0 Å². The molecule has 0 radical (unpaired) electrons. The lowest BCUT2D eigenvalue weighted by atomic mass is 9.99. The Balaban J connectivity index is 0.00000341. The molecule has 0 aliphatic rings. The molecule has 1 unspecified atom stereocenters. The Morgan fingerprint density at radius 3 is 2.23 bits per heavy atom. The van der Waals surface area contributed by atoms with Crippen LogP contribution in [0.2, 0.25) is 0 Å². The second-order valence-corrected chi connectivity index (χ2v) is 7.69. The zero-order chi connectivity index (χ0) is 21.7. The Hall–Kier alpha value is -2.57. The van der Waals surface area contributed by atoms with Crippen LogP contribution in [0.25, 0.3) is 10.8 Å². The molecule has 31 heavy (non-hydrogen) atoms. The number of hydrogen-bond donors (Lipinski definition) is 1. The second kappa shape index (κ2) is 10.6. The number of halogens is 4. The van der Waals surface area contributed by atoms with Crippen molar-refractivity contribution < 1.29 is 18.0 Å². The minimum Gasteiger partial charge on any atom is -0.349 e. The first-order chi connectivity index (χ1) is 14.2. The van der Waals surface area contributed by atoms with Gasteiger partial charge in [-0.25, -0.2) is 0 Å². The SMILES string of the molecule is CN(C)CCC(NC(=O)Cc1ccc(C(F)(F)F)cc1)c1ccc2ccccc2c1.Cl. The Kier molecular flexibility index (Phi) is 8.48.